The van der Waals surface area contributed by atoms with Gasteiger partial charge in [-0.1, -0.05) is 29.8 Å². The maximum atomic E-state index is 13.2. The van der Waals surface area contributed by atoms with Crippen LogP contribution in [-0.4, -0.2) is 31.1 Å². The number of rotatable bonds is 5. The molecule has 2 aliphatic rings. The van der Waals surface area contributed by atoms with Crippen LogP contribution in [0.1, 0.15) is 42.0 Å². The quantitative estimate of drug-likeness (QED) is 0.346. The number of ether oxygens (including phenoxy) is 3. The number of para-hydroxylation sites is 1. The Morgan fingerprint density at radius 3 is 2.39 bits per heavy atom. The summed E-state index contributed by atoms with van der Waals surface area (Å²) in [6.07, 6.45) is -2.85. The number of nitriles is 1. The first kappa shape index (κ1) is 26.5. The van der Waals surface area contributed by atoms with Crippen LogP contribution in [0, 0.1) is 11.3 Å². The van der Waals surface area contributed by atoms with E-state index in [4.69, 9.17) is 25.8 Å². The van der Waals surface area contributed by atoms with E-state index in [1.54, 1.807) is 30.3 Å². The highest BCUT2D eigenvalue weighted by molar-refractivity contribution is 7.16. The Morgan fingerprint density at radius 1 is 1.11 bits per heavy atom. The highest BCUT2D eigenvalue weighted by Gasteiger charge is 2.43. The van der Waals surface area contributed by atoms with Crippen LogP contribution in [-0.2, 0) is 14.3 Å². The van der Waals surface area contributed by atoms with Gasteiger partial charge in [0.2, 0.25) is 0 Å². The second-order valence-corrected chi connectivity index (χ2v) is 10.5. The molecule has 2 fully saturated rings. The number of thiophene rings is 1. The van der Waals surface area contributed by atoms with E-state index in [0.717, 1.165) is 0 Å². The molecule has 2 aromatic carbocycles. The summed E-state index contributed by atoms with van der Waals surface area (Å²) in [5.41, 5.74) is 0.275. The van der Waals surface area contributed by atoms with Crippen molar-refractivity contribution in [2.24, 2.45) is 0 Å². The van der Waals surface area contributed by atoms with Crippen molar-refractivity contribution < 1.29 is 32.2 Å². The topological polar surface area (TPSA) is 80.6 Å². The van der Waals surface area contributed by atoms with E-state index in [1.165, 1.54) is 11.3 Å². The van der Waals surface area contributed by atoms with Gasteiger partial charge in [0.25, 0.3) is 0 Å². The Bertz CT molecular complexity index is 1370. The number of anilines is 1. The van der Waals surface area contributed by atoms with Crippen molar-refractivity contribution >= 4 is 34.5 Å². The Labute approximate surface area is 225 Å². The van der Waals surface area contributed by atoms with Crippen molar-refractivity contribution in [3.63, 3.8) is 0 Å². The van der Waals surface area contributed by atoms with Crippen LogP contribution in [0.2, 0.25) is 5.02 Å². The molecule has 1 aliphatic heterocycles. The predicted molar refractivity (Wildman–Crippen MR) is 137 cm³/mol. The molecule has 6 nitrogen and oxygen atoms in total. The Morgan fingerprint density at radius 2 is 1.79 bits per heavy atom. The molecule has 1 saturated heterocycles. The van der Waals surface area contributed by atoms with Gasteiger partial charge >= 0.3 is 12.1 Å². The van der Waals surface area contributed by atoms with Gasteiger partial charge in [-0.05, 0) is 43.0 Å². The van der Waals surface area contributed by atoms with Crippen LogP contribution in [0.4, 0.5) is 18.9 Å². The molecule has 3 aromatic rings. The molecule has 1 amide bonds. The van der Waals surface area contributed by atoms with Crippen molar-refractivity contribution in [3.8, 4) is 28.0 Å². The van der Waals surface area contributed by atoms with Crippen LogP contribution in [0.15, 0.2) is 48.5 Å². The fourth-order valence-electron chi connectivity index (χ4n) is 4.81. The molecular weight excluding hydrogens is 541 g/mol. The lowest BCUT2D eigenvalue weighted by atomic mass is 9.83. The zero-order valence-corrected chi connectivity index (χ0v) is 21.5. The summed E-state index contributed by atoms with van der Waals surface area (Å²) in [7, 11) is 0. The van der Waals surface area contributed by atoms with E-state index in [1.807, 2.05) is 29.6 Å². The molecule has 1 saturated carbocycles. The molecule has 11 heteroatoms. The summed E-state index contributed by atoms with van der Waals surface area (Å²) in [5.74, 6) is -1.92. The molecule has 1 aliphatic carbocycles. The normalized spacial score (nSPS) is 17.3. The van der Waals surface area contributed by atoms with Gasteiger partial charge in [-0.25, -0.2) is 0 Å². The summed E-state index contributed by atoms with van der Waals surface area (Å²) in [6.45, 7) is 1.00. The smallest absolute Gasteiger partial charge is 0.457 e. The molecule has 5 rings (SSSR count). The van der Waals surface area contributed by atoms with E-state index in [-0.39, 0.29) is 22.2 Å². The van der Waals surface area contributed by atoms with E-state index in [0.29, 0.717) is 65.7 Å². The van der Waals surface area contributed by atoms with Crippen LogP contribution in [0.25, 0.3) is 10.4 Å². The van der Waals surface area contributed by atoms with Crippen molar-refractivity contribution in [2.75, 3.05) is 18.5 Å². The third-order valence-corrected chi connectivity index (χ3v) is 8.34. The minimum Gasteiger partial charge on any atom is -0.457 e. The third kappa shape index (κ3) is 5.38. The summed E-state index contributed by atoms with van der Waals surface area (Å²) in [6, 6.07) is 16.0. The third-order valence-electron chi connectivity index (χ3n) is 6.64. The lowest BCUT2D eigenvalue weighted by Gasteiger charge is -2.35. The molecule has 0 bridgehead atoms. The van der Waals surface area contributed by atoms with Gasteiger partial charge in [0.1, 0.15) is 17.6 Å². The van der Waals surface area contributed by atoms with Crippen LogP contribution in [0.5, 0.6) is 11.5 Å². The van der Waals surface area contributed by atoms with E-state index < -0.39 is 17.9 Å². The molecule has 1 aromatic heterocycles. The maximum Gasteiger partial charge on any atom is 0.471 e. The first-order valence-electron chi connectivity index (χ1n) is 11.9. The lowest BCUT2D eigenvalue weighted by molar-refractivity contribution is -0.178. The number of amides is 1. The van der Waals surface area contributed by atoms with Gasteiger partial charge in [-0.15, -0.1) is 11.3 Å². The fraction of sp³-hybridized carbons (Fsp3) is 0.333. The van der Waals surface area contributed by atoms with Gasteiger partial charge in [0, 0.05) is 29.3 Å². The van der Waals surface area contributed by atoms with Crippen molar-refractivity contribution in [2.45, 2.75) is 43.6 Å². The molecule has 0 radical (unpaired) electrons. The molecule has 1 N–H and O–H groups in total. The summed E-state index contributed by atoms with van der Waals surface area (Å²) in [4.78, 5) is 12.8. The lowest BCUT2D eigenvalue weighted by Crippen LogP contribution is -2.35. The van der Waals surface area contributed by atoms with Crippen molar-refractivity contribution in [1.29, 1.82) is 5.26 Å². The second-order valence-electron chi connectivity index (χ2n) is 9.05. The van der Waals surface area contributed by atoms with Gasteiger partial charge in [0.15, 0.2) is 5.79 Å². The Hall–Kier alpha value is -3.10. The average Bonchev–Trinajstić information content (AvgIpc) is 3.49. The minimum atomic E-state index is -5.11. The largest absolute Gasteiger partial charge is 0.471 e. The molecule has 0 atom stereocenters. The molecule has 0 unspecified atom stereocenters. The number of nitrogens with zero attached hydrogens (tertiary/aromatic N) is 1. The number of benzene rings is 2. The maximum absolute atomic E-state index is 13.2. The Balaban J connectivity index is 1.51. The molecular formula is C27H22ClF3N2O4S. The van der Waals surface area contributed by atoms with E-state index in [2.05, 4.69) is 0 Å². The highest BCUT2D eigenvalue weighted by atomic mass is 35.5. The fourth-order valence-corrected chi connectivity index (χ4v) is 6.55. The molecule has 1 spiro atoms. The zero-order chi connectivity index (χ0) is 26.9. The first-order valence-corrected chi connectivity index (χ1v) is 13.1. The van der Waals surface area contributed by atoms with Gasteiger partial charge in [-0.3, -0.25) is 4.79 Å². The number of halogens is 4. The zero-order valence-electron chi connectivity index (χ0n) is 19.9. The molecule has 198 valence electrons. The highest BCUT2D eigenvalue weighted by Crippen LogP contribution is 2.51. The van der Waals surface area contributed by atoms with E-state index in [9.17, 15) is 23.2 Å². The predicted octanol–water partition coefficient (Wildman–Crippen LogP) is 7.63. The summed E-state index contributed by atoms with van der Waals surface area (Å²) >= 11 is 7.75. The average molecular weight is 563 g/mol. The minimum absolute atomic E-state index is 0.0603. The van der Waals surface area contributed by atoms with Gasteiger partial charge in [0.05, 0.1) is 34.4 Å². The number of nitrogens with one attached hydrogen (secondary N) is 1. The SMILES string of the molecule is N#Cc1c(-c2ccc(Oc3ccccc3)cc2Cl)sc(C2CCC3(CC2)OCCO3)c1NC(=O)C(F)(F)F. The summed E-state index contributed by atoms with van der Waals surface area (Å²) in [5, 5.41) is 12.2. The standard InChI is InChI=1S/C27H22ClF3N2O4S/c28-21-14-18(37-17-4-2-1-3-5-17)6-7-19(21)24-20(15-32)22(33-25(34)27(29,30)31)23(38-24)16-8-10-26(11-9-16)35-12-13-36-26/h1-7,14,16H,8-13H2,(H,33,34). The first-order chi connectivity index (χ1) is 18.2. The monoisotopic (exact) mass is 562 g/mol. The van der Waals surface area contributed by atoms with Crippen LogP contribution in [0.3, 0.4) is 0 Å². The number of hydrogen-bond acceptors (Lipinski definition) is 6. The van der Waals surface area contributed by atoms with Gasteiger partial charge in [-0.2, -0.15) is 18.4 Å². The number of carbonyl (C=O) groups excluding carboxylic acids is 1. The van der Waals surface area contributed by atoms with Crippen LogP contribution >= 0.6 is 22.9 Å². The number of carbonyl (C=O) groups is 1. The van der Waals surface area contributed by atoms with E-state index >= 15 is 0 Å². The summed E-state index contributed by atoms with van der Waals surface area (Å²) < 4.78 is 57.0. The van der Waals surface area contributed by atoms with Gasteiger partial charge < -0.3 is 19.5 Å². The number of hydrogen-bond donors (Lipinski definition) is 1. The molecule has 2 heterocycles. The van der Waals surface area contributed by atoms with Crippen molar-refractivity contribution in [3.05, 3.63) is 64.0 Å². The van der Waals surface area contributed by atoms with Crippen molar-refractivity contribution in [1.82, 2.24) is 0 Å². The molecule has 38 heavy (non-hydrogen) atoms. The number of alkyl halides is 3. The Kier molecular flexibility index (Phi) is 7.38. The second kappa shape index (κ2) is 10.6. The van der Waals surface area contributed by atoms with Crippen LogP contribution < -0.4 is 10.1 Å².